The maximum Gasteiger partial charge on any atom is 0.332 e. The number of ether oxygens (including phenoxy) is 1. The summed E-state index contributed by atoms with van der Waals surface area (Å²) in [6.45, 7) is 5.48. The normalized spacial score (nSPS) is 14.3. The standard InChI is InChI=1S/C14H20N6O3/c1-5-18-12(21)10-11(17(3)14(18)22)15-13-19(10)8-9(2)16-20(13)6-7-23-4/h5-8H2,1-4H3. The molecule has 0 saturated heterocycles. The van der Waals surface area contributed by atoms with Crippen molar-refractivity contribution < 1.29 is 4.74 Å². The van der Waals surface area contributed by atoms with Crippen molar-refractivity contribution in [2.24, 2.45) is 12.1 Å². The summed E-state index contributed by atoms with van der Waals surface area (Å²) in [6.07, 6.45) is 0. The van der Waals surface area contributed by atoms with E-state index < -0.39 is 0 Å². The SMILES string of the molecule is CCn1c(=O)c2c(nc3n2CC(C)=NN3CCOC)n(C)c1=O. The Balaban J connectivity index is 2.31. The highest BCUT2D eigenvalue weighted by Gasteiger charge is 2.26. The summed E-state index contributed by atoms with van der Waals surface area (Å²) >= 11 is 0. The highest BCUT2D eigenvalue weighted by Crippen LogP contribution is 2.23. The number of hydrazone groups is 1. The lowest BCUT2D eigenvalue weighted by atomic mass is 10.4. The van der Waals surface area contributed by atoms with Crippen LogP contribution in [0.15, 0.2) is 14.7 Å². The van der Waals surface area contributed by atoms with Crippen LogP contribution in [0.4, 0.5) is 5.95 Å². The van der Waals surface area contributed by atoms with Gasteiger partial charge in [0.15, 0.2) is 11.2 Å². The van der Waals surface area contributed by atoms with E-state index in [1.165, 1.54) is 9.13 Å². The van der Waals surface area contributed by atoms with Gasteiger partial charge in [0.2, 0.25) is 5.95 Å². The van der Waals surface area contributed by atoms with Gasteiger partial charge in [-0.05, 0) is 13.8 Å². The molecule has 3 heterocycles. The summed E-state index contributed by atoms with van der Waals surface area (Å²) < 4.78 is 9.56. The number of aryl methyl sites for hydroxylation is 1. The predicted molar refractivity (Wildman–Crippen MR) is 87.2 cm³/mol. The first-order valence-electron chi connectivity index (χ1n) is 7.50. The summed E-state index contributed by atoms with van der Waals surface area (Å²) in [5, 5.41) is 6.18. The van der Waals surface area contributed by atoms with Crippen molar-refractivity contribution in [3.8, 4) is 0 Å². The van der Waals surface area contributed by atoms with Crippen LogP contribution in [0.25, 0.3) is 11.2 Å². The van der Waals surface area contributed by atoms with Crippen LogP contribution >= 0.6 is 0 Å². The minimum Gasteiger partial charge on any atom is -0.383 e. The number of fused-ring (bicyclic) bond motifs is 3. The maximum absolute atomic E-state index is 12.7. The van der Waals surface area contributed by atoms with Crippen LogP contribution in [-0.2, 0) is 24.9 Å². The predicted octanol–water partition coefficient (Wildman–Crippen LogP) is -0.241. The number of hydrogen-bond donors (Lipinski definition) is 0. The van der Waals surface area contributed by atoms with Gasteiger partial charge in [-0.1, -0.05) is 0 Å². The molecule has 9 heteroatoms. The molecule has 0 amide bonds. The van der Waals surface area contributed by atoms with Crippen molar-refractivity contribution in [1.29, 1.82) is 0 Å². The smallest absolute Gasteiger partial charge is 0.332 e. The molecule has 0 radical (unpaired) electrons. The van der Waals surface area contributed by atoms with Crippen LogP contribution in [0.1, 0.15) is 13.8 Å². The molecular weight excluding hydrogens is 300 g/mol. The van der Waals surface area contributed by atoms with Crippen LogP contribution in [0.5, 0.6) is 0 Å². The first-order valence-corrected chi connectivity index (χ1v) is 7.50. The fraction of sp³-hybridized carbons (Fsp3) is 0.571. The van der Waals surface area contributed by atoms with Crippen molar-refractivity contribution in [1.82, 2.24) is 18.7 Å². The molecule has 0 fully saturated rings. The van der Waals surface area contributed by atoms with Crippen LogP contribution in [0, 0.1) is 0 Å². The number of imidazole rings is 1. The van der Waals surface area contributed by atoms with Gasteiger partial charge in [-0.15, -0.1) is 0 Å². The fourth-order valence-electron chi connectivity index (χ4n) is 2.82. The van der Waals surface area contributed by atoms with E-state index in [0.29, 0.717) is 43.4 Å². The first-order chi connectivity index (χ1) is 11.0. The van der Waals surface area contributed by atoms with Gasteiger partial charge in [-0.2, -0.15) is 10.1 Å². The Labute approximate surface area is 132 Å². The number of hydrogen-bond acceptors (Lipinski definition) is 6. The zero-order valence-corrected chi connectivity index (χ0v) is 13.7. The molecule has 2 aromatic rings. The molecule has 0 bridgehead atoms. The van der Waals surface area contributed by atoms with Crippen molar-refractivity contribution in [3.63, 3.8) is 0 Å². The molecule has 1 aliphatic rings. The Bertz CT molecular complexity index is 904. The van der Waals surface area contributed by atoms with Crippen molar-refractivity contribution in [2.45, 2.75) is 26.9 Å². The van der Waals surface area contributed by atoms with Gasteiger partial charge in [0.05, 0.1) is 25.4 Å². The lowest BCUT2D eigenvalue weighted by Gasteiger charge is -2.24. The molecular formula is C14H20N6O3. The quantitative estimate of drug-likeness (QED) is 0.776. The van der Waals surface area contributed by atoms with Crippen LogP contribution in [-0.4, -0.2) is 44.7 Å². The molecule has 0 aromatic carbocycles. The molecule has 1 aliphatic heterocycles. The molecule has 0 unspecified atom stereocenters. The molecule has 0 aliphatic carbocycles. The largest absolute Gasteiger partial charge is 0.383 e. The van der Waals surface area contributed by atoms with Crippen molar-refractivity contribution in [2.75, 3.05) is 25.3 Å². The average molecular weight is 320 g/mol. The van der Waals surface area contributed by atoms with E-state index in [-0.39, 0.29) is 11.2 Å². The third-order valence-electron chi connectivity index (χ3n) is 3.94. The lowest BCUT2D eigenvalue weighted by molar-refractivity contribution is 0.205. The molecule has 0 atom stereocenters. The van der Waals surface area contributed by atoms with E-state index in [2.05, 4.69) is 10.1 Å². The highest BCUT2D eigenvalue weighted by atomic mass is 16.5. The summed E-state index contributed by atoms with van der Waals surface area (Å²) in [4.78, 5) is 29.5. The van der Waals surface area contributed by atoms with E-state index in [1.807, 2.05) is 11.5 Å². The molecule has 23 heavy (non-hydrogen) atoms. The average Bonchev–Trinajstić information content (AvgIpc) is 2.90. The van der Waals surface area contributed by atoms with Gasteiger partial charge in [-0.25, -0.2) is 9.80 Å². The minimum atomic E-state index is -0.360. The summed E-state index contributed by atoms with van der Waals surface area (Å²) in [5.74, 6) is 0.559. The first kappa shape index (κ1) is 15.5. The Morgan fingerprint density at radius 2 is 2.04 bits per heavy atom. The van der Waals surface area contributed by atoms with E-state index in [9.17, 15) is 9.59 Å². The summed E-state index contributed by atoms with van der Waals surface area (Å²) in [7, 11) is 3.25. The second-order valence-corrected chi connectivity index (χ2v) is 5.51. The topological polar surface area (TPSA) is 86.7 Å². The van der Waals surface area contributed by atoms with Gasteiger partial charge in [0.1, 0.15) is 0 Å². The fourth-order valence-corrected chi connectivity index (χ4v) is 2.82. The minimum absolute atomic E-state index is 0.314. The second-order valence-electron chi connectivity index (χ2n) is 5.51. The van der Waals surface area contributed by atoms with Gasteiger partial charge < -0.3 is 4.74 Å². The number of methoxy groups -OCH3 is 1. The molecule has 0 saturated carbocycles. The van der Waals surface area contributed by atoms with E-state index >= 15 is 0 Å². The Morgan fingerprint density at radius 1 is 1.30 bits per heavy atom. The third-order valence-corrected chi connectivity index (χ3v) is 3.94. The molecule has 3 rings (SSSR count). The number of rotatable bonds is 4. The van der Waals surface area contributed by atoms with Gasteiger partial charge in [-0.3, -0.25) is 18.5 Å². The van der Waals surface area contributed by atoms with Crippen LogP contribution < -0.4 is 16.3 Å². The maximum atomic E-state index is 12.7. The third kappa shape index (κ3) is 2.27. The zero-order valence-electron chi connectivity index (χ0n) is 13.7. The molecule has 0 spiro atoms. The van der Waals surface area contributed by atoms with E-state index in [4.69, 9.17) is 4.74 Å². The zero-order chi connectivity index (χ0) is 16.7. The summed E-state index contributed by atoms with van der Waals surface area (Å²) in [6, 6.07) is 0. The molecule has 9 nitrogen and oxygen atoms in total. The van der Waals surface area contributed by atoms with Gasteiger partial charge in [0.25, 0.3) is 5.56 Å². The summed E-state index contributed by atoms with van der Waals surface area (Å²) in [5.41, 5.74) is 1.00. The number of nitrogens with zero attached hydrogens (tertiary/aromatic N) is 6. The van der Waals surface area contributed by atoms with E-state index in [1.54, 1.807) is 26.1 Å². The van der Waals surface area contributed by atoms with Crippen molar-refractivity contribution >= 4 is 22.8 Å². The monoisotopic (exact) mass is 320 g/mol. The van der Waals surface area contributed by atoms with E-state index in [0.717, 1.165) is 5.71 Å². The number of anilines is 1. The van der Waals surface area contributed by atoms with Gasteiger partial charge >= 0.3 is 5.69 Å². The Morgan fingerprint density at radius 3 is 2.70 bits per heavy atom. The van der Waals surface area contributed by atoms with Crippen LogP contribution in [0.3, 0.4) is 0 Å². The Hall–Kier alpha value is -2.42. The molecule has 124 valence electrons. The highest BCUT2D eigenvalue weighted by molar-refractivity contribution is 5.87. The van der Waals surface area contributed by atoms with Crippen LogP contribution in [0.2, 0.25) is 0 Å². The number of aromatic nitrogens is 4. The molecule has 0 N–H and O–H groups in total. The second kappa shape index (κ2) is 5.65. The molecule has 2 aromatic heterocycles. The van der Waals surface area contributed by atoms with Gasteiger partial charge in [0, 0.05) is 20.7 Å². The Kier molecular flexibility index (Phi) is 3.80. The lowest BCUT2D eigenvalue weighted by Crippen LogP contribution is -2.39. The van der Waals surface area contributed by atoms with Crippen molar-refractivity contribution in [3.05, 3.63) is 20.8 Å².